The van der Waals surface area contributed by atoms with Crippen LogP contribution in [0.1, 0.15) is 15.2 Å². The summed E-state index contributed by atoms with van der Waals surface area (Å²) in [6.07, 6.45) is 1.64. The maximum Gasteiger partial charge on any atom is 0.272 e. The number of rotatable bonds is 5. The Balaban J connectivity index is 1.83. The summed E-state index contributed by atoms with van der Waals surface area (Å²) in [6.45, 7) is 0. The first-order chi connectivity index (χ1) is 12.6. The Kier molecular flexibility index (Phi) is 5.84. The van der Waals surface area contributed by atoms with Crippen LogP contribution >= 0.6 is 22.9 Å². The highest BCUT2D eigenvalue weighted by molar-refractivity contribution is 7.10. The Morgan fingerprint density at radius 3 is 2.46 bits per heavy atom. The second-order valence-electron chi connectivity index (χ2n) is 5.36. The molecule has 4 nitrogen and oxygen atoms in total. The van der Waals surface area contributed by atoms with Crippen LogP contribution in [0.5, 0.6) is 0 Å². The Morgan fingerprint density at radius 2 is 1.77 bits per heavy atom. The lowest BCUT2D eigenvalue weighted by atomic mass is 10.2. The molecule has 0 aliphatic carbocycles. The summed E-state index contributed by atoms with van der Waals surface area (Å²) in [4.78, 5) is 26.0. The number of carbonyl (C=O) groups excluding carboxylic acids is 2. The number of carbonyl (C=O) groups is 2. The van der Waals surface area contributed by atoms with Crippen molar-refractivity contribution in [1.29, 1.82) is 0 Å². The molecule has 0 aliphatic rings. The molecular formula is C20H15ClN2O2S. The summed E-state index contributed by atoms with van der Waals surface area (Å²) in [5.41, 5.74) is 1.18. The molecule has 0 fully saturated rings. The zero-order chi connectivity index (χ0) is 18.4. The molecule has 0 unspecified atom stereocenters. The number of thiophene rings is 1. The van der Waals surface area contributed by atoms with Crippen molar-refractivity contribution in [3.05, 3.63) is 93.3 Å². The van der Waals surface area contributed by atoms with Crippen LogP contribution in [0, 0.1) is 0 Å². The van der Waals surface area contributed by atoms with E-state index in [1.54, 1.807) is 54.6 Å². The average molecular weight is 383 g/mol. The van der Waals surface area contributed by atoms with Crippen molar-refractivity contribution >= 4 is 46.5 Å². The molecule has 6 heteroatoms. The first-order valence-electron chi connectivity index (χ1n) is 7.80. The van der Waals surface area contributed by atoms with E-state index in [-0.39, 0.29) is 11.6 Å². The number of anilines is 1. The van der Waals surface area contributed by atoms with Gasteiger partial charge in [-0.1, -0.05) is 41.9 Å². The molecule has 1 heterocycles. The summed E-state index contributed by atoms with van der Waals surface area (Å²) in [5, 5.41) is 7.85. The van der Waals surface area contributed by atoms with Crippen LogP contribution in [-0.4, -0.2) is 11.8 Å². The van der Waals surface area contributed by atoms with Gasteiger partial charge in [-0.2, -0.15) is 0 Å². The van der Waals surface area contributed by atoms with E-state index in [9.17, 15) is 9.59 Å². The first-order valence-corrected chi connectivity index (χ1v) is 9.06. The van der Waals surface area contributed by atoms with Crippen molar-refractivity contribution in [2.75, 3.05) is 5.32 Å². The standard InChI is InChI=1S/C20H15ClN2O2S/c21-15-8-4-9-16(12-15)22-20(25)18(13-17-10-5-11-26-17)23-19(24)14-6-2-1-3-7-14/h1-13H,(H,22,25)(H,23,24). The molecule has 2 N–H and O–H groups in total. The van der Waals surface area contributed by atoms with Gasteiger partial charge >= 0.3 is 0 Å². The van der Waals surface area contributed by atoms with Crippen molar-refractivity contribution in [3.63, 3.8) is 0 Å². The molecule has 2 amide bonds. The van der Waals surface area contributed by atoms with Crippen molar-refractivity contribution in [1.82, 2.24) is 5.32 Å². The van der Waals surface area contributed by atoms with Crippen LogP contribution in [-0.2, 0) is 4.79 Å². The van der Waals surface area contributed by atoms with Gasteiger partial charge in [0.25, 0.3) is 11.8 Å². The van der Waals surface area contributed by atoms with Crippen LogP contribution in [0.25, 0.3) is 6.08 Å². The number of hydrogen-bond acceptors (Lipinski definition) is 3. The van der Waals surface area contributed by atoms with E-state index in [4.69, 9.17) is 11.6 Å². The molecule has 3 aromatic rings. The van der Waals surface area contributed by atoms with E-state index in [2.05, 4.69) is 10.6 Å². The maximum absolute atomic E-state index is 12.7. The largest absolute Gasteiger partial charge is 0.321 e. The molecule has 26 heavy (non-hydrogen) atoms. The first kappa shape index (κ1) is 17.9. The molecule has 130 valence electrons. The minimum atomic E-state index is -0.426. The quantitative estimate of drug-likeness (QED) is 0.622. The van der Waals surface area contributed by atoms with Crippen molar-refractivity contribution < 1.29 is 9.59 Å². The lowest BCUT2D eigenvalue weighted by molar-refractivity contribution is -0.113. The predicted molar refractivity (Wildman–Crippen MR) is 106 cm³/mol. The van der Waals surface area contributed by atoms with Gasteiger partial charge in [0.15, 0.2) is 0 Å². The highest BCUT2D eigenvalue weighted by Crippen LogP contribution is 2.17. The minimum absolute atomic E-state index is 0.154. The SMILES string of the molecule is O=C(Nc1cccc(Cl)c1)C(=Cc1cccs1)NC(=O)c1ccccc1. The normalized spacial score (nSPS) is 11.0. The third-order valence-electron chi connectivity index (χ3n) is 3.44. The fourth-order valence-corrected chi connectivity index (χ4v) is 3.07. The van der Waals surface area contributed by atoms with E-state index < -0.39 is 5.91 Å². The average Bonchev–Trinajstić information content (AvgIpc) is 3.15. The number of benzene rings is 2. The van der Waals surface area contributed by atoms with E-state index in [1.165, 1.54) is 11.3 Å². The molecule has 0 saturated carbocycles. The highest BCUT2D eigenvalue weighted by atomic mass is 35.5. The topological polar surface area (TPSA) is 58.2 Å². The smallest absolute Gasteiger partial charge is 0.272 e. The van der Waals surface area contributed by atoms with Gasteiger partial charge in [0, 0.05) is 21.2 Å². The summed E-state index contributed by atoms with van der Waals surface area (Å²) < 4.78 is 0. The number of amides is 2. The summed E-state index contributed by atoms with van der Waals surface area (Å²) in [5.74, 6) is -0.778. The van der Waals surface area contributed by atoms with E-state index >= 15 is 0 Å². The van der Waals surface area contributed by atoms with Crippen molar-refractivity contribution in [2.45, 2.75) is 0 Å². The number of hydrogen-bond donors (Lipinski definition) is 2. The van der Waals surface area contributed by atoms with Gasteiger partial charge in [0.05, 0.1) is 0 Å². The number of halogens is 1. The second-order valence-corrected chi connectivity index (χ2v) is 6.77. The molecule has 0 saturated heterocycles. The van der Waals surface area contributed by atoms with Crippen LogP contribution in [0.4, 0.5) is 5.69 Å². The number of nitrogens with one attached hydrogen (secondary N) is 2. The summed E-state index contributed by atoms with van der Waals surface area (Å²) in [7, 11) is 0. The van der Waals surface area contributed by atoms with E-state index in [0.29, 0.717) is 16.3 Å². The molecule has 0 radical (unpaired) electrons. The van der Waals surface area contributed by atoms with Crippen LogP contribution in [0.3, 0.4) is 0 Å². The fraction of sp³-hybridized carbons (Fsp3) is 0. The molecule has 0 spiro atoms. The van der Waals surface area contributed by atoms with Gasteiger partial charge in [-0.15, -0.1) is 11.3 Å². The lowest BCUT2D eigenvalue weighted by Crippen LogP contribution is -2.30. The van der Waals surface area contributed by atoms with Gasteiger partial charge in [-0.3, -0.25) is 9.59 Å². The second kappa shape index (κ2) is 8.47. The fourth-order valence-electron chi connectivity index (χ4n) is 2.22. The molecule has 3 rings (SSSR count). The minimum Gasteiger partial charge on any atom is -0.321 e. The van der Waals surface area contributed by atoms with Gasteiger partial charge in [0.1, 0.15) is 5.70 Å². The Morgan fingerprint density at radius 1 is 0.962 bits per heavy atom. The van der Waals surface area contributed by atoms with E-state index in [0.717, 1.165) is 4.88 Å². The molecule has 2 aromatic carbocycles. The Labute approximate surface area is 160 Å². The molecule has 0 atom stereocenters. The van der Waals surface area contributed by atoms with Gasteiger partial charge in [-0.25, -0.2) is 0 Å². The van der Waals surface area contributed by atoms with Crippen LogP contribution < -0.4 is 10.6 Å². The third-order valence-corrected chi connectivity index (χ3v) is 4.50. The van der Waals surface area contributed by atoms with Gasteiger partial charge in [0.2, 0.25) is 0 Å². The highest BCUT2D eigenvalue weighted by Gasteiger charge is 2.15. The summed E-state index contributed by atoms with van der Waals surface area (Å²) >= 11 is 7.42. The predicted octanol–water partition coefficient (Wildman–Crippen LogP) is 4.81. The third kappa shape index (κ3) is 4.81. The zero-order valence-electron chi connectivity index (χ0n) is 13.6. The maximum atomic E-state index is 12.7. The van der Waals surface area contributed by atoms with E-state index in [1.807, 2.05) is 23.6 Å². The Hall–Kier alpha value is -2.89. The van der Waals surface area contributed by atoms with Crippen LogP contribution in [0.2, 0.25) is 5.02 Å². The summed E-state index contributed by atoms with van der Waals surface area (Å²) in [6, 6.07) is 19.3. The molecule has 0 aliphatic heterocycles. The monoisotopic (exact) mass is 382 g/mol. The van der Waals surface area contributed by atoms with Gasteiger partial charge < -0.3 is 10.6 Å². The van der Waals surface area contributed by atoms with Gasteiger partial charge in [-0.05, 0) is 47.9 Å². The van der Waals surface area contributed by atoms with Crippen LogP contribution in [0.15, 0.2) is 77.8 Å². The molecule has 0 bridgehead atoms. The molecular weight excluding hydrogens is 368 g/mol. The van der Waals surface area contributed by atoms with Crippen molar-refractivity contribution in [2.24, 2.45) is 0 Å². The van der Waals surface area contributed by atoms with Crippen molar-refractivity contribution in [3.8, 4) is 0 Å². The molecule has 1 aromatic heterocycles. The zero-order valence-corrected chi connectivity index (χ0v) is 15.2. The lowest BCUT2D eigenvalue weighted by Gasteiger charge is -2.11. The Bertz CT molecular complexity index is 937.